The fourth-order valence-corrected chi connectivity index (χ4v) is 5.51. The Bertz CT molecular complexity index is 256. The van der Waals surface area contributed by atoms with Crippen molar-refractivity contribution in [1.82, 2.24) is 9.34 Å². The zero-order chi connectivity index (χ0) is 15.4. The highest BCUT2D eigenvalue weighted by atomic mass is 35.5. The highest BCUT2D eigenvalue weighted by Crippen LogP contribution is 2.54. The van der Waals surface area contributed by atoms with Gasteiger partial charge in [0.25, 0.3) is 0 Å². The average molecular weight is 409 g/mol. The molecule has 0 amide bonds. The Morgan fingerprint density at radius 2 is 1.05 bits per heavy atom. The molecule has 0 saturated heterocycles. The molecule has 0 fully saturated rings. The molecule has 0 aliphatic carbocycles. The maximum Gasteiger partial charge on any atom is 0.346 e. The third-order valence-electron chi connectivity index (χ3n) is 2.42. The summed E-state index contributed by atoms with van der Waals surface area (Å²) in [6, 6.07) is 0. The first-order chi connectivity index (χ1) is 9.60. The van der Waals surface area contributed by atoms with Gasteiger partial charge in [-0.15, -0.1) is 58.0 Å². The summed E-state index contributed by atoms with van der Waals surface area (Å²) in [5.74, 6) is 1.53. The van der Waals surface area contributed by atoms with Gasteiger partial charge in [0, 0.05) is 55.6 Å². The van der Waals surface area contributed by atoms with E-state index in [1.54, 1.807) is 9.34 Å². The third kappa shape index (κ3) is 7.21. The highest BCUT2D eigenvalue weighted by molar-refractivity contribution is 7.54. The number of alkyl halides is 5. The third-order valence-corrected chi connectivity index (χ3v) is 6.00. The van der Waals surface area contributed by atoms with Crippen LogP contribution >= 0.6 is 65.7 Å². The average Bonchev–Trinajstić information content (AvgIpc) is 2.44. The van der Waals surface area contributed by atoms with Gasteiger partial charge in [0.2, 0.25) is 0 Å². The molecule has 0 N–H and O–H groups in total. The van der Waals surface area contributed by atoms with Gasteiger partial charge < -0.3 is 4.52 Å². The second-order valence-corrected chi connectivity index (χ2v) is 7.94. The minimum absolute atomic E-state index is 0.168. The first kappa shape index (κ1) is 21.6. The largest absolute Gasteiger partial charge is 0.346 e. The molecule has 20 heavy (non-hydrogen) atoms. The molecule has 0 aliphatic rings. The van der Waals surface area contributed by atoms with Gasteiger partial charge in [-0.1, -0.05) is 0 Å². The van der Waals surface area contributed by atoms with Crippen molar-refractivity contribution in [3.8, 4) is 0 Å². The van der Waals surface area contributed by atoms with Crippen LogP contribution in [-0.4, -0.2) is 71.5 Å². The van der Waals surface area contributed by atoms with Gasteiger partial charge in [-0.3, -0.25) is 4.57 Å². The van der Waals surface area contributed by atoms with Crippen molar-refractivity contribution in [3.63, 3.8) is 0 Å². The minimum Gasteiger partial charge on any atom is -0.305 e. The molecule has 122 valence electrons. The molecular weight excluding hydrogens is 388 g/mol. The van der Waals surface area contributed by atoms with Crippen LogP contribution in [0.2, 0.25) is 0 Å². The van der Waals surface area contributed by atoms with E-state index in [1.165, 1.54) is 0 Å². The van der Waals surface area contributed by atoms with Crippen molar-refractivity contribution in [3.05, 3.63) is 0 Å². The SMILES string of the molecule is O=P(OCCCl)(N(CCCl)CCCl)N(CCCl)CCCl. The Labute approximate surface area is 146 Å². The van der Waals surface area contributed by atoms with E-state index in [2.05, 4.69) is 0 Å². The Balaban J connectivity index is 5.22. The molecule has 0 atom stereocenters. The summed E-state index contributed by atoms with van der Waals surface area (Å²) in [7, 11) is -3.28. The zero-order valence-corrected chi connectivity index (χ0v) is 15.8. The molecule has 0 bridgehead atoms. The molecule has 0 saturated carbocycles. The predicted molar refractivity (Wildman–Crippen MR) is 90.3 cm³/mol. The van der Waals surface area contributed by atoms with Crippen LogP contribution in [0, 0.1) is 0 Å². The van der Waals surface area contributed by atoms with Crippen molar-refractivity contribution in [1.29, 1.82) is 0 Å². The van der Waals surface area contributed by atoms with E-state index >= 15 is 0 Å². The van der Waals surface area contributed by atoms with E-state index in [9.17, 15) is 4.57 Å². The summed E-state index contributed by atoms with van der Waals surface area (Å²) in [5, 5.41) is 0. The van der Waals surface area contributed by atoms with E-state index in [-0.39, 0.29) is 12.5 Å². The molecule has 10 heteroatoms. The van der Waals surface area contributed by atoms with Crippen LogP contribution in [0.3, 0.4) is 0 Å². The molecule has 0 rings (SSSR count). The van der Waals surface area contributed by atoms with Crippen molar-refractivity contribution >= 4 is 65.7 Å². The minimum atomic E-state index is -3.28. The number of hydrogen-bond donors (Lipinski definition) is 0. The molecule has 0 heterocycles. The van der Waals surface area contributed by atoms with Gasteiger partial charge in [0.05, 0.1) is 6.61 Å². The number of hydrogen-bond acceptors (Lipinski definition) is 2. The maximum atomic E-state index is 13.3. The van der Waals surface area contributed by atoms with Crippen LogP contribution in [0.1, 0.15) is 0 Å². The van der Waals surface area contributed by atoms with Gasteiger partial charge in [0.1, 0.15) is 0 Å². The van der Waals surface area contributed by atoms with Gasteiger partial charge in [0.15, 0.2) is 0 Å². The van der Waals surface area contributed by atoms with Crippen molar-refractivity contribution in [2.24, 2.45) is 0 Å². The van der Waals surface area contributed by atoms with E-state index in [1.807, 2.05) is 0 Å². The lowest BCUT2D eigenvalue weighted by atomic mass is 10.6. The van der Waals surface area contributed by atoms with Gasteiger partial charge >= 0.3 is 7.67 Å². The van der Waals surface area contributed by atoms with Crippen LogP contribution in [0.25, 0.3) is 0 Å². The summed E-state index contributed by atoms with van der Waals surface area (Å²) >= 11 is 28.7. The quantitative estimate of drug-likeness (QED) is 0.342. The normalized spacial score (nSPS) is 12.6. The molecule has 0 aromatic carbocycles. The summed E-state index contributed by atoms with van der Waals surface area (Å²) in [4.78, 5) is 0. The molecular formula is C10H20Cl5N2O2P. The summed E-state index contributed by atoms with van der Waals surface area (Å²) in [5.41, 5.74) is 0. The van der Waals surface area contributed by atoms with E-state index < -0.39 is 7.67 Å². The lowest BCUT2D eigenvalue weighted by Crippen LogP contribution is -2.37. The van der Waals surface area contributed by atoms with Crippen molar-refractivity contribution < 1.29 is 9.09 Å². The zero-order valence-electron chi connectivity index (χ0n) is 11.1. The summed E-state index contributed by atoms with van der Waals surface area (Å²) in [6.45, 7) is 1.76. The molecule has 0 unspecified atom stereocenters. The van der Waals surface area contributed by atoms with Gasteiger partial charge in [-0.05, 0) is 0 Å². The Morgan fingerprint density at radius 1 is 0.700 bits per heavy atom. The van der Waals surface area contributed by atoms with Crippen molar-refractivity contribution in [2.75, 3.05) is 62.2 Å². The number of rotatable bonds is 13. The summed E-state index contributed by atoms with van der Waals surface area (Å²) in [6.07, 6.45) is 0. The topological polar surface area (TPSA) is 32.8 Å². The predicted octanol–water partition coefficient (Wildman–Crippen LogP) is 3.91. The van der Waals surface area contributed by atoms with E-state index in [0.29, 0.717) is 49.7 Å². The Morgan fingerprint density at radius 3 is 1.30 bits per heavy atom. The molecule has 4 nitrogen and oxygen atoms in total. The lowest BCUT2D eigenvalue weighted by molar-refractivity contribution is 0.226. The fraction of sp³-hybridized carbons (Fsp3) is 1.00. The van der Waals surface area contributed by atoms with Gasteiger partial charge in [-0.2, -0.15) is 0 Å². The molecule has 0 spiro atoms. The monoisotopic (exact) mass is 406 g/mol. The molecule has 0 aromatic rings. The van der Waals surface area contributed by atoms with E-state index in [4.69, 9.17) is 62.5 Å². The van der Waals surface area contributed by atoms with Crippen LogP contribution in [0.15, 0.2) is 0 Å². The lowest BCUT2D eigenvalue weighted by Gasteiger charge is -2.37. The summed E-state index contributed by atoms with van der Waals surface area (Å²) < 4.78 is 22.1. The highest BCUT2D eigenvalue weighted by Gasteiger charge is 2.37. The fourth-order valence-electron chi connectivity index (χ4n) is 1.61. The number of nitrogens with zero attached hydrogens (tertiary/aromatic N) is 2. The molecule has 0 aliphatic heterocycles. The second-order valence-electron chi connectivity index (χ2n) is 3.68. The van der Waals surface area contributed by atoms with Gasteiger partial charge in [-0.25, -0.2) is 9.34 Å². The first-order valence-corrected chi connectivity index (χ1v) is 10.4. The van der Waals surface area contributed by atoms with Crippen LogP contribution < -0.4 is 0 Å². The standard InChI is InChI=1S/C10H20Cl5N2O2P/c11-1-6-16(7-2-12)20(18,19-10-5-15)17(8-3-13)9-4-14/h1-10H2. The first-order valence-electron chi connectivity index (χ1n) is 6.16. The Kier molecular flexibility index (Phi) is 14.1. The van der Waals surface area contributed by atoms with Crippen LogP contribution in [0.5, 0.6) is 0 Å². The molecule has 0 radical (unpaired) electrons. The van der Waals surface area contributed by atoms with E-state index in [0.717, 1.165) is 0 Å². The maximum absolute atomic E-state index is 13.3. The second kappa shape index (κ2) is 13.0. The van der Waals surface area contributed by atoms with Crippen LogP contribution in [-0.2, 0) is 9.09 Å². The Hall–Kier alpha value is 1.56. The number of halogens is 5. The smallest absolute Gasteiger partial charge is 0.305 e. The van der Waals surface area contributed by atoms with Crippen LogP contribution in [0.4, 0.5) is 0 Å². The van der Waals surface area contributed by atoms with Crippen molar-refractivity contribution in [2.45, 2.75) is 0 Å². The molecule has 0 aromatic heterocycles.